The maximum atomic E-state index is 13.1. The summed E-state index contributed by atoms with van der Waals surface area (Å²) in [6.07, 6.45) is 2.85. The summed E-state index contributed by atoms with van der Waals surface area (Å²) in [6, 6.07) is 10.7. The summed E-state index contributed by atoms with van der Waals surface area (Å²) >= 11 is 6.07. The van der Waals surface area contributed by atoms with Crippen LogP contribution in [0.1, 0.15) is 65.0 Å². The fraction of sp³-hybridized carbons (Fsp3) is 0.407. The van der Waals surface area contributed by atoms with Gasteiger partial charge in [-0.15, -0.1) is 0 Å². The number of benzene rings is 2. The van der Waals surface area contributed by atoms with Crippen LogP contribution in [-0.2, 0) is 0 Å². The number of amides is 2. The van der Waals surface area contributed by atoms with Gasteiger partial charge in [-0.1, -0.05) is 32.0 Å². The molecule has 0 aliphatic carbocycles. The first-order chi connectivity index (χ1) is 15.7. The lowest BCUT2D eigenvalue weighted by Crippen LogP contribution is -2.39. The molecule has 33 heavy (non-hydrogen) atoms. The van der Waals surface area contributed by atoms with E-state index in [-0.39, 0.29) is 17.9 Å². The number of halogens is 1. The Morgan fingerprint density at radius 2 is 1.76 bits per heavy atom. The van der Waals surface area contributed by atoms with Crippen LogP contribution < -0.4 is 10.6 Å². The average molecular weight is 468 g/mol. The monoisotopic (exact) mass is 467 g/mol. The van der Waals surface area contributed by atoms with E-state index >= 15 is 0 Å². The van der Waals surface area contributed by atoms with Gasteiger partial charge < -0.3 is 15.5 Å². The Balaban J connectivity index is 1.73. The van der Waals surface area contributed by atoms with Crippen molar-refractivity contribution in [1.82, 2.24) is 10.2 Å². The number of carbonyl (C=O) groups is 2. The molecule has 0 radical (unpaired) electrons. The van der Waals surface area contributed by atoms with Crippen molar-refractivity contribution in [2.45, 2.75) is 53.0 Å². The predicted octanol–water partition coefficient (Wildman–Crippen LogP) is 5.96. The first kappa shape index (κ1) is 24.8. The van der Waals surface area contributed by atoms with Gasteiger partial charge in [0.2, 0.25) is 0 Å². The molecule has 6 heteroatoms. The fourth-order valence-corrected chi connectivity index (χ4v) is 4.39. The van der Waals surface area contributed by atoms with Crippen molar-refractivity contribution in [2.75, 3.05) is 18.4 Å². The molecule has 0 saturated carbocycles. The highest BCUT2D eigenvalue weighted by atomic mass is 35.5. The molecule has 2 amide bonds. The second kappa shape index (κ2) is 10.9. The SMILES string of the molecule is C=C(Nc1ccc(Cl)cc1C)C(CC(C)C)NC(=O)c1ccc(C(=O)N2CCCC2)c(C)c1. The van der Waals surface area contributed by atoms with E-state index in [1.54, 1.807) is 18.2 Å². The maximum Gasteiger partial charge on any atom is 0.254 e. The minimum absolute atomic E-state index is 0.0468. The number of rotatable bonds is 8. The smallest absolute Gasteiger partial charge is 0.254 e. The van der Waals surface area contributed by atoms with Crippen molar-refractivity contribution in [3.05, 3.63) is 76.0 Å². The van der Waals surface area contributed by atoms with Crippen LogP contribution in [0.5, 0.6) is 0 Å². The number of likely N-dealkylation sites (tertiary alicyclic amines) is 1. The molecule has 1 unspecified atom stereocenters. The van der Waals surface area contributed by atoms with Crippen LogP contribution in [0.4, 0.5) is 5.69 Å². The van der Waals surface area contributed by atoms with Gasteiger partial charge in [0.1, 0.15) is 0 Å². The molecular formula is C27H34ClN3O2. The van der Waals surface area contributed by atoms with E-state index in [9.17, 15) is 9.59 Å². The van der Waals surface area contributed by atoms with Crippen LogP contribution in [0.25, 0.3) is 0 Å². The molecule has 176 valence electrons. The molecule has 0 spiro atoms. The van der Waals surface area contributed by atoms with Gasteiger partial charge in [0.25, 0.3) is 11.8 Å². The van der Waals surface area contributed by atoms with Gasteiger partial charge in [-0.25, -0.2) is 0 Å². The van der Waals surface area contributed by atoms with Crippen molar-refractivity contribution in [1.29, 1.82) is 0 Å². The lowest BCUT2D eigenvalue weighted by molar-refractivity contribution is 0.0791. The summed E-state index contributed by atoms with van der Waals surface area (Å²) in [6.45, 7) is 13.9. The molecule has 2 aromatic rings. The topological polar surface area (TPSA) is 61.4 Å². The van der Waals surface area contributed by atoms with E-state index in [2.05, 4.69) is 31.1 Å². The van der Waals surface area contributed by atoms with E-state index in [0.717, 1.165) is 54.9 Å². The summed E-state index contributed by atoms with van der Waals surface area (Å²) < 4.78 is 0. The molecule has 0 bridgehead atoms. The summed E-state index contributed by atoms with van der Waals surface area (Å²) in [7, 11) is 0. The van der Waals surface area contributed by atoms with Gasteiger partial charge in [-0.2, -0.15) is 0 Å². The minimum Gasteiger partial charge on any atom is -0.357 e. The number of hydrogen-bond acceptors (Lipinski definition) is 3. The number of nitrogens with zero attached hydrogens (tertiary/aromatic N) is 1. The normalized spacial score (nSPS) is 14.3. The lowest BCUT2D eigenvalue weighted by atomic mass is 9.99. The molecule has 3 rings (SSSR count). The van der Waals surface area contributed by atoms with Crippen LogP contribution in [0.3, 0.4) is 0 Å². The highest BCUT2D eigenvalue weighted by Gasteiger charge is 2.23. The third-order valence-electron chi connectivity index (χ3n) is 6.03. The second-order valence-electron chi connectivity index (χ2n) is 9.29. The molecule has 1 atom stereocenters. The molecule has 2 N–H and O–H groups in total. The first-order valence-electron chi connectivity index (χ1n) is 11.6. The third kappa shape index (κ3) is 6.38. The third-order valence-corrected chi connectivity index (χ3v) is 6.26. The van der Waals surface area contributed by atoms with Gasteiger partial charge >= 0.3 is 0 Å². The van der Waals surface area contributed by atoms with Gasteiger partial charge in [-0.3, -0.25) is 9.59 Å². The summed E-state index contributed by atoms with van der Waals surface area (Å²) in [5.41, 5.74) is 4.65. The minimum atomic E-state index is -0.251. The number of hydrogen-bond donors (Lipinski definition) is 2. The van der Waals surface area contributed by atoms with E-state index in [0.29, 0.717) is 22.1 Å². The molecule has 1 aliphatic rings. The molecule has 1 aliphatic heterocycles. The zero-order valence-electron chi connectivity index (χ0n) is 20.0. The van der Waals surface area contributed by atoms with Crippen LogP contribution >= 0.6 is 11.6 Å². The van der Waals surface area contributed by atoms with E-state index < -0.39 is 0 Å². The van der Waals surface area contributed by atoms with Crippen molar-refractivity contribution in [3.63, 3.8) is 0 Å². The number of carbonyl (C=O) groups excluding carboxylic acids is 2. The lowest BCUT2D eigenvalue weighted by Gasteiger charge is -2.25. The van der Waals surface area contributed by atoms with Gasteiger partial charge in [0.15, 0.2) is 0 Å². The van der Waals surface area contributed by atoms with Crippen molar-refractivity contribution in [2.24, 2.45) is 5.92 Å². The quantitative estimate of drug-likeness (QED) is 0.503. The Bertz CT molecular complexity index is 1040. The van der Waals surface area contributed by atoms with Crippen LogP contribution in [0.2, 0.25) is 5.02 Å². The highest BCUT2D eigenvalue weighted by molar-refractivity contribution is 6.30. The van der Waals surface area contributed by atoms with E-state index in [4.69, 9.17) is 11.6 Å². The standard InChI is InChI=1S/C27H34ClN3O2/c1-17(2)14-25(20(5)29-24-11-9-22(28)16-19(24)4)30-26(32)21-8-10-23(18(3)15-21)27(33)31-12-6-7-13-31/h8-11,15-17,25,29H,5-7,12-14H2,1-4H3,(H,30,32). The molecule has 0 aromatic heterocycles. The maximum absolute atomic E-state index is 13.1. The second-order valence-corrected chi connectivity index (χ2v) is 9.73. The largest absolute Gasteiger partial charge is 0.357 e. The summed E-state index contributed by atoms with van der Waals surface area (Å²) in [5.74, 6) is 0.229. The van der Waals surface area contributed by atoms with Crippen molar-refractivity contribution in [3.8, 4) is 0 Å². The molecule has 1 heterocycles. The van der Waals surface area contributed by atoms with Gasteiger partial charge in [0, 0.05) is 40.6 Å². The molecule has 1 fully saturated rings. The Labute approximate surface area is 202 Å². The number of nitrogens with one attached hydrogen (secondary N) is 2. The zero-order valence-corrected chi connectivity index (χ0v) is 20.8. The Kier molecular flexibility index (Phi) is 8.20. The van der Waals surface area contributed by atoms with Gasteiger partial charge in [0.05, 0.1) is 6.04 Å². The highest BCUT2D eigenvalue weighted by Crippen LogP contribution is 2.23. The first-order valence-corrected chi connectivity index (χ1v) is 12.0. The van der Waals surface area contributed by atoms with Gasteiger partial charge in [-0.05, 0) is 86.6 Å². The zero-order chi connectivity index (χ0) is 24.1. The van der Waals surface area contributed by atoms with Crippen molar-refractivity contribution >= 4 is 29.1 Å². The Hall–Kier alpha value is -2.79. The molecule has 2 aromatic carbocycles. The summed E-state index contributed by atoms with van der Waals surface area (Å²) in [5, 5.41) is 7.15. The molecular weight excluding hydrogens is 434 g/mol. The van der Waals surface area contributed by atoms with E-state index in [1.807, 2.05) is 36.9 Å². The average Bonchev–Trinajstić information content (AvgIpc) is 3.29. The summed E-state index contributed by atoms with van der Waals surface area (Å²) in [4.78, 5) is 27.7. The van der Waals surface area contributed by atoms with Crippen molar-refractivity contribution < 1.29 is 9.59 Å². The molecule has 1 saturated heterocycles. The van der Waals surface area contributed by atoms with Crippen LogP contribution in [0, 0.1) is 19.8 Å². The number of anilines is 1. The molecule has 5 nitrogen and oxygen atoms in total. The van der Waals surface area contributed by atoms with Crippen LogP contribution in [-0.4, -0.2) is 35.8 Å². The van der Waals surface area contributed by atoms with E-state index in [1.165, 1.54) is 0 Å². The fourth-order valence-electron chi connectivity index (χ4n) is 4.16. The number of aryl methyl sites for hydroxylation is 2. The Morgan fingerprint density at radius 3 is 2.36 bits per heavy atom. The van der Waals surface area contributed by atoms with Crippen LogP contribution in [0.15, 0.2) is 48.7 Å². The predicted molar refractivity (Wildman–Crippen MR) is 136 cm³/mol. The Morgan fingerprint density at radius 1 is 1.06 bits per heavy atom.